The van der Waals surface area contributed by atoms with E-state index in [1.165, 1.54) is 35.6 Å². The van der Waals surface area contributed by atoms with Crippen molar-refractivity contribution in [2.45, 2.75) is 46.1 Å². The molecule has 156 valence electrons. The molecule has 0 spiro atoms. The maximum absolute atomic E-state index is 12.7. The SMILES string of the molecule is CCOC(=O)c1c(NC(=O)c2ccc(OC(F)F)cc2)sc2c1CC[C@@H](CC)C2. The van der Waals surface area contributed by atoms with E-state index >= 15 is 0 Å². The van der Waals surface area contributed by atoms with Crippen molar-refractivity contribution in [2.75, 3.05) is 11.9 Å². The Kier molecular flexibility index (Phi) is 6.84. The van der Waals surface area contributed by atoms with Gasteiger partial charge in [0, 0.05) is 10.4 Å². The summed E-state index contributed by atoms with van der Waals surface area (Å²) in [5.74, 6) is -0.316. The van der Waals surface area contributed by atoms with Gasteiger partial charge in [-0.25, -0.2) is 4.79 Å². The number of carbonyl (C=O) groups is 2. The van der Waals surface area contributed by atoms with Crippen LogP contribution < -0.4 is 10.1 Å². The minimum Gasteiger partial charge on any atom is -0.462 e. The molecule has 0 fully saturated rings. The molecule has 1 amide bonds. The van der Waals surface area contributed by atoms with Crippen molar-refractivity contribution in [3.63, 3.8) is 0 Å². The predicted octanol–water partition coefficient (Wildman–Crippen LogP) is 5.29. The Morgan fingerprint density at radius 3 is 2.59 bits per heavy atom. The number of alkyl halides is 2. The quantitative estimate of drug-likeness (QED) is 0.615. The van der Waals surface area contributed by atoms with Crippen LogP contribution in [0.15, 0.2) is 24.3 Å². The molecule has 1 N–H and O–H groups in total. The first-order valence-electron chi connectivity index (χ1n) is 9.60. The monoisotopic (exact) mass is 423 g/mol. The van der Waals surface area contributed by atoms with Crippen LogP contribution in [0.5, 0.6) is 5.75 Å². The van der Waals surface area contributed by atoms with Gasteiger partial charge in [0.25, 0.3) is 5.91 Å². The first-order chi connectivity index (χ1) is 13.9. The highest BCUT2D eigenvalue weighted by atomic mass is 32.1. The van der Waals surface area contributed by atoms with Crippen LogP contribution in [-0.4, -0.2) is 25.1 Å². The van der Waals surface area contributed by atoms with Crippen molar-refractivity contribution in [3.8, 4) is 5.75 Å². The summed E-state index contributed by atoms with van der Waals surface area (Å²) in [5, 5.41) is 3.28. The third-order valence-electron chi connectivity index (χ3n) is 4.99. The number of hydrogen-bond acceptors (Lipinski definition) is 5. The number of anilines is 1. The number of halogens is 2. The van der Waals surface area contributed by atoms with Crippen LogP contribution in [0.25, 0.3) is 0 Å². The van der Waals surface area contributed by atoms with Crippen LogP contribution >= 0.6 is 11.3 Å². The van der Waals surface area contributed by atoms with Crippen LogP contribution in [0.1, 0.15) is 57.8 Å². The summed E-state index contributed by atoms with van der Waals surface area (Å²) in [6.45, 7) is 1.22. The Balaban J connectivity index is 1.84. The number of esters is 1. The molecule has 0 unspecified atom stereocenters. The summed E-state index contributed by atoms with van der Waals surface area (Å²) in [5.41, 5.74) is 1.68. The minimum atomic E-state index is -2.92. The summed E-state index contributed by atoms with van der Waals surface area (Å²) in [4.78, 5) is 26.3. The van der Waals surface area contributed by atoms with Crippen LogP contribution in [0.3, 0.4) is 0 Å². The van der Waals surface area contributed by atoms with Crippen LogP contribution in [0.4, 0.5) is 13.8 Å². The number of nitrogens with one attached hydrogen (secondary N) is 1. The van der Waals surface area contributed by atoms with Gasteiger partial charge in [-0.1, -0.05) is 13.3 Å². The van der Waals surface area contributed by atoms with Crippen molar-refractivity contribution < 1.29 is 27.8 Å². The smallest absolute Gasteiger partial charge is 0.387 e. The molecule has 8 heteroatoms. The average Bonchev–Trinajstić information content (AvgIpc) is 3.05. The van der Waals surface area contributed by atoms with Crippen molar-refractivity contribution in [1.82, 2.24) is 0 Å². The highest BCUT2D eigenvalue weighted by molar-refractivity contribution is 7.17. The number of benzene rings is 1. The van der Waals surface area contributed by atoms with Crippen LogP contribution in [0, 0.1) is 5.92 Å². The van der Waals surface area contributed by atoms with Crippen LogP contribution in [-0.2, 0) is 17.6 Å². The van der Waals surface area contributed by atoms with Crippen molar-refractivity contribution in [1.29, 1.82) is 0 Å². The fraction of sp³-hybridized carbons (Fsp3) is 0.429. The molecule has 0 bridgehead atoms. The van der Waals surface area contributed by atoms with Gasteiger partial charge in [0.15, 0.2) is 0 Å². The van der Waals surface area contributed by atoms with E-state index in [1.54, 1.807) is 6.92 Å². The van der Waals surface area contributed by atoms with Gasteiger partial charge in [-0.3, -0.25) is 4.79 Å². The van der Waals surface area contributed by atoms with E-state index in [4.69, 9.17) is 4.74 Å². The second kappa shape index (κ2) is 9.35. The lowest BCUT2D eigenvalue weighted by Crippen LogP contribution is -2.17. The lowest BCUT2D eigenvalue weighted by molar-refractivity contribution is -0.0498. The van der Waals surface area contributed by atoms with Crippen molar-refractivity contribution >= 4 is 28.2 Å². The lowest BCUT2D eigenvalue weighted by Gasteiger charge is -2.20. The maximum atomic E-state index is 12.7. The van der Waals surface area contributed by atoms with Gasteiger partial charge >= 0.3 is 12.6 Å². The Hall–Kier alpha value is -2.48. The number of amides is 1. The predicted molar refractivity (Wildman–Crippen MR) is 107 cm³/mol. The molecule has 1 heterocycles. The summed E-state index contributed by atoms with van der Waals surface area (Å²) in [7, 11) is 0. The van der Waals surface area contributed by atoms with Gasteiger partial charge in [0.05, 0.1) is 12.2 Å². The third-order valence-corrected chi connectivity index (χ3v) is 6.16. The number of carbonyl (C=O) groups excluding carboxylic acids is 2. The standard InChI is InChI=1S/C21H23F2NO4S/c1-3-12-5-10-15-16(11-12)29-19(17(15)20(26)27-4-2)24-18(25)13-6-8-14(9-7-13)28-21(22)23/h6-9,12,21H,3-5,10-11H2,1-2H3,(H,24,25)/t12-/m1/s1. The van der Waals surface area contributed by atoms with Gasteiger partial charge in [-0.15, -0.1) is 11.3 Å². The Morgan fingerprint density at radius 1 is 1.24 bits per heavy atom. The van der Waals surface area contributed by atoms with E-state index in [1.807, 2.05) is 0 Å². The van der Waals surface area contributed by atoms with Gasteiger partial charge < -0.3 is 14.8 Å². The largest absolute Gasteiger partial charge is 0.462 e. The zero-order chi connectivity index (χ0) is 21.0. The molecule has 0 saturated carbocycles. The summed E-state index contributed by atoms with van der Waals surface area (Å²) >= 11 is 1.41. The van der Waals surface area contributed by atoms with Crippen LogP contribution in [0.2, 0.25) is 0 Å². The topological polar surface area (TPSA) is 64.6 Å². The van der Waals surface area contributed by atoms with Gasteiger partial charge in [0.2, 0.25) is 0 Å². The number of fused-ring (bicyclic) bond motifs is 1. The third kappa shape index (κ3) is 4.93. The highest BCUT2D eigenvalue weighted by Gasteiger charge is 2.30. The van der Waals surface area contributed by atoms with E-state index in [9.17, 15) is 18.4 Å². The second-order valence-electron chi connectivity index (χ2n) is 6.80. The molecule has 1 aliphatic carbocycles. The first-order valence-corrected chi connectivity index (χ1v) is 10.4. The Bertz CT molecular complexity index is 880. The van der Waals surface area contributed by atoms with Crippen molar-refractivity contribution in [3.05, 3.63) is 45.8 Å². The summed E-state index contributed by atoms with van der Waals surface area (Å²) in [6, 6.07) is 5.41. The van der Waals surface area contributed by atoms with E-state index in [2.05, 4.69) is 17.0 Å². The number of hydrogen-bond donors (Lipinski definition) is 1. The summed E-state index contributed by atoms with van der Waals surface area (Å²) < 4.78 is 34.1. The van der Waals surface area contributed by atoms with E-state index in [0.29, 0.717) is 16.5 Å². The van der Waals surface area contributed by atoms with Gasteiger partial charge in [0.1, 0.15) is 10.8 Å². The fourth-order valence-corrected chi connectivity index (χ4v) is 4.82. The van der Waals surface area contributed by atoms with Gasteiger partial charge in [-0.2, -0.15) is 8.78 Å². The molecule has 0 saturated heterocycles. The van der Waals surface area contributed by atoms with Gasteiger partial charge in [-0.05, 0) is 61.9 Å². The highest BCUT2D eigenvalue weighted by Crippen LogP contribution is 2.41. The number of rotatable bonds is 7. The van der Waals surface area contributed by atoms with E-state index < -0.39 is 18.5 Å². The van der Waals surface area contributed by atoms with E-state index in [-0.39, 0.29) is 17.9 Å². The molecule has 1 atom stereocenters. The number of ether oxygens (including phenoxy) is 2. The first kappa shape index (κ1) is 21.2. The Morgan fingerprint density at radius 2 is 1.97 bits per heavy atom. The number of thiophene rings is 1. The fourth-order valence-electron chi connectivity index (χ4n) is 3.47. The molecule has 3 rings (SSSR count). The van der Waals surface area contributed by atoms with E-state index in [0.717, 1.165) is 36.1 Å². The normalized spacial score (nSPS) is 15.7. The molecule has 0 radical (unpaired) electrons. The summed E-state index contributed by atoms with van der Waals surface area (Å²) in [6.07, 6.45) is 3.75. The molecule has 0 aliphatic heterocycles. The Labute approximate surface area is 172 Å². The zero-order valence-electron chi connectivity index (χ0n) is 16.3. The molecule has 5 nitrogen and oxygen atoms in total. The zero-order valence-corrected chi connectivity index (χ0v) is 17.1. The molecular weight excluding hydrogens is 400 g/mol. The molecule has 29 heavy (non-hydrogen) atoms. The molecule has 1 aromatic carbocycles. The maximum Gasteiger partial charge on any atom is 0.387 e. The minimum absolute atomic E-state index is 0.0269. The molecular formula is C21H23F2NO4S. The molecule has 1 aliphatic rings. The second-order valence-corrected chi connectivity index (χ2v) is 7.91. The molecule has 1 aromatic heterocycles. The lowest BCUT2D eigenvalue weighted by atomic mass is 9.85. The average molecular weight is 423 g/mol. The molecule has 2 aromatic rings. The van der Waals surface area contributed by atoms with Crippen molar-refractivity contribution in [2.24, 2.45) is 5.92 Å².